The smallest absolute Gasteiger partial charge is 0.290 e. The molecular weight excluding hydrogens is 260 g/mol. The number of nitrogens with zero attached hydrogens (tertiary/aromatic N) is 3. The molecule has 1 saturated heterocycles. The third kappa shape index (κ3) is 3.04. The maximum Gasteiger partial charge on any atom is 0.290 e. The zero-order valence-electron chi connectivity index (χ0n) is 11.6. The van der Waals surface area contributed by atoms with E-state index in [9.17, 15) is 14.9 Å². The Morgan fingerprint density at radius 2 is 2.10 bits per heavy atom. The van der Waals surface area contributed by atoms with Crippen LogP contribution in [0.5, 0.6) is 0 Å². The van der Waals surface area contributed by atoms with Gasteiger partial charge in [-0.05, 0) is 32.8 Å². The number of aryl methyl sites for hydroxylation is 1. The Kier molecular flexibility index (Phi) is 4.16. The first-order valence-electron chi connectivity index (χ1n) is 6.66. The van der Waals surface area contributed by atoms with Crippen LogP contribution in [0, 0.1) is 17.0 Å². The lowest BCUT2D eigenvalue weighted by Gasteiger charge is -2.21. The number of pyridine rings is 1. The average molecular weight is 278 g/mol. The molecular formula is C13H18N4O3. The molecule has 20 heavy (non-hydrogen) atoms. The second kappa shape index (κ2) is 5.85. The number of rotatable bonds is 4. The molecule has 108 valence electrons. The molecule has 7 nitrogen and oxygen atoms in total. The Morgan fingerprint density at radius 1 is 1.45 bits per heavy atom. The van der Waals surface area contributed by atoms with E-state index in [1.165, 1.54) is 12.1 Å². The molecule has 2 heterocycles. The standard InChI is InChI=1S/C13H18N4O3/c1-9-11(17(19)20)5-6-12(14-9)15-10(2)13(18)16-7-3-4-8-16/h5-6,10H,3-4,7-8H2,1-2H3,(H,14,15). The minimum Gasteiger partial charge on any atom is -0.359 e. The quantitative estimate of drug-likeness (QED) is 0.669. The van der Waals surface area contributed by atoms with Crippen molar-refractivity contribution in [2.75, 3.05) is 18.4 Å². The van der Waals surface area contributed by atoms with Gasteiger partial charge in [0.15, 0.2) is 0 Å². The van der Waals surface area contributed by atoms with E-state index in [-0.39, 0.29) is 17.6 Å². The predicted octanol–water partition coefficient (Wildman–Crippen LogP) is 1.72. The number of nitrogens with one attached hydrogen (secondary N) is 1. The number of anilines is 1. The van der Waals surface area contributed by atoms with E-state index >= 15 is 0 Å². The highest BCUT2D eigenvalue weighted by Crippen LogP contribution is 2.19. The summed E-state index contributed by atoms with van der Waals surface area (Å²) in [6.07, 6.45) is 2.10. The van der Waals surface area contributed by atoms with E-state index in [1.807, 2.05) is 4.90 Å². The van der Waals surface area contributed by atoms with Gasteiger partial charge in [0.25, 0.3) is 5.69 Å². The molecule has 0 aliphatic carbocycles. The first-order chi connectivity index (χ1) is 9.49. The Hall–Kier alpha value is -2.18. The molecule has 0 radical (unpaired) electrons. The highest BCUT2D eigenvalue weighted by Gasteiger charge is 2.23. The number of nitro groups is 1. The molecule has 1 N–H and O–H groups in total. The van der Waals surface area contributed by atoms with Gasteiger partial charge in [-0.2, -0.15) is 0 Å². The van der Waals surface area contributed by atoms with Gasteiger partial charge in [-0.3, -0.25) is 14.9 Å². The van der Waals surface area contributed by atoms with Crippen LogP contribution >= 0.6 is 0 Å². The van der Waals surface area contributed by atoms with Crippen LogP contribution in [-0.4, -0.2) is 39.8 Å². The van der Waals surface area contributed by atoms with Gasteiger partial charge >= 0.3 is 0 Å². The molecule has 0 saturated carbocycles. The van der Waals surface area contributed by atoms with Crippen LogP contribution in [0.25, 0.3) is 0 Å². The summed E-state index contributed by atoms with van der Waals surface area (Å²) in [5.74, 6) is 0.522. The van der Waals surface area contributed by atoms with Crippen molar-refractivity contribution in [2.45, 2.75) is 32.7 Å². The number of hydrogen-bond donors (Lipinski definition) is 1. The number of amides is 1. The zero-order valence-corrected chi connectivity index (χ0v) is 11.6. The maximum atomic E-state index is 12.1. The third-order valence-corrected chi connectivity index (χ3v) is 3.41. The van der Waals surface area contributed by atoms with E-state index in [0.29, 0.717) is 11.5 Å². The Morgan fingerprint density at radius 3 is 2.65 bits per heavy atom. The van der Waals surface area contributed by atoms with Gasteiger partial charge in [0.1, 0.15) is 17.6 Å². The molecule has 1 amide bonds. The van der Waals surface area contributed by atoms with Crippen LogP contribution in [0.4, 0.5) is 11.5 Å². The van der Waals surface area contributed by atoms with Crippen LogP contribution in [0.15, 0.2) is 12.1 Å². The SMILES string of the molecule is Cc1nc(NC(C)C(=O)N2CCCC2)ccc1[N+](=O)[O-]. The van der Waals surface area contributed by atoms with Gasteiger partial charge in [0.05, 0.1) is 4.92 Å². The minimum absolute atomic E-state index is 0.0194. The largest absolute Gasteiger partial charge is 0.359 e. The topological polar surface area (TPSA) is 88.4 Å². The summed E-state index contributed by atoms with van der Waals surface area (Å²) in [5.41, 5.74) is 0.315. The van der Waals surface area contributed by atoms with Crippen LogP contribution in [0.2, 0.25) is 0 Å². The van der Waals surface area contributed by atoms with Gasteiger partial charge < -0.3 is 10.2 Å². The average Bonchev–Trinajstić information content (AvgIpc) is 2.91. The molecule has 1 aliphatic heterocycles. The first-order valence-corrected chi connectivity index (χ1v) is 6.66. The molecule has 1 aromatic rings. The van der Waals surface area contributed by atoms with E-state index in [4.69, 9.17) is 0 Å². The fourth-order valence-corrected chi connectivity index (χ4v) is 2.32. The molecule has 1 aromatic heterocycles. The summed E-state index contributed by atoms with van der Waals surface area (Å²) >= 11 is 0. The predicted molar refractivity (Wildman–Crippen MR) is 74.5 cm³/mol. The van der Waals surface area contributed by atoms with Crippen molar-refractivity contribution >= 4 is 17.4 Å². The highest BCUT2D eigenvalue weighted by atomic mass is 16.6. The van der Waals surface area contributed by atoms with Gasteiger partial charge in [0, 0.05) is 19.2 Å². The van der Waals surface area contributed by atoms with Crippen molar-refractivity contribution in [3.8, 4) is 0 Å². The molecule has 2 rings (SSSR count). The second-order valence-electron chi connectivity index (χ2n) is 4.96. The lowest BCUT2D eigenvalue weighted by molar-refractivity contribution is -0.385. The van der Waals surface area contributed by atoms with Crippen molar-refractivity contribution in [1.29, 1.82) is 0 Å². The van der Waals surface area contributed by atoms with Gasteiger partial charge in [-0.1, -0.05) is 0 Å². The molecule has 0 bridgehead atoms. The fourth-order valence-electron chi connectivity index (χ4n) is 2.32. The molecule has 1 fully saturated rings. The molecule has 1 atom stereocenters. The van der Waals surface area contributed by atoms with Crippen LogP contribution < -0.4 is 5.32 Å². The molecule has 0 spiro atoms. The van der Waals surface area contributed by atoms with Crippen LogP contribution in [0.1, 0.15) is 25.5 Å². The number of hydrogen-bond acceptors (Lipinski definition) is 5. The van der Waals surface area contributed by atoms with Gasteiger partial charge in [-0.15, -0.1) is 0 Å². The van der Waals surface area contributed by atoms with Crippen molar-refractivity contribution in [3.05, 3.63) is 27.9 Å². The normalized spacial score (nSPS) is 16.0. The maximum absolute atomic E-state index is 12.1. The monoisotopic (exact) mass is 278 g/mol. The highest BCUT2D eigenvalue weighted by molar-refractivity contribution is 5.84. The van der Waals surface area contributed by atoms with E-state index in [1.54, 1.807) is 13.8 Å². The van der Waals surface area contributed by atoms with Gasteiger partial charge in [0.2, 0.25) is 5.91 Å². The number of aromatic nitrogens is 1. The Labute approximate surface area is 117 Å². The van der Waals surface area contributed by atoms with Crippen LogP contribution in [0.3, 0.4) is 0 Å². The molecule has 1 aliphatic rings. The van der Waals surface area contributed by atoms with E-state index in [2.05, 4.69) is 10.3 Å². The van der Waals surface area contributed by atoms with E-state index < -0.39 is 4.92 Å². The van der Waals surface area contributed by atoms with Gasteiger partial charge in [-0.25, -0.2) is 4.98 Å². The molecule has 1 unspecified atom stereocenters. The lowest BCUT2D eigenvalue weighted by atomic mass is 10.2. The minimum atomic E-state index is -0.467. The first kappa shape index (κ1) is 14.2. The van der Waals surface area contributed by atoms with Crippen molar-refractivity contribution in [1.82, 2.24) is 9.88 Å². The number of carbonyl (C=O) groups excluding carboxylic acids is 1. The summed E-state index contributed by atoms with van der Waals surface area (Å²) in [4.78, 5) is 28.3. The summed E-state index contributed by atoms with van der Waals surface area (Å²) in [6, 6.07) is 2.54. The van der Waals surface area contributed by atoms with Crippen molar-refractivity contribution < 1.29 is 9.72 Å². The number of likely N-dealkylation sites (tertiary alicyclic amines) is 1. The summed E-state index contributed by atoms with van der Waals surface area (Å²) in [7, 11) is 0. The third-order valence-electron chi connectivity index (χ3n) is 3.41. The summed E-state index contributed by atoms with van der Waals surface area (Å²) < 4.78 is 0. The number of carbonyl (C=O) groups is 1. The van der Waals surface area contributed by atoms with Crippen LogP contribution in [-0.2, 0) is 4.79 Å². The Balaban J connectivity index is 2.04. The zero-order chi connectivity index (χ0) is 14.7. The lowest BCUT2D eigenvalue weighted by Crippen LogP contribution is -2.39. The second-order valence-corrected chi connectivity index (χ2v) is 4.96. The van der Waals surface area contributed by atoms with E-state index in [0.717, 1.165) is 25.9 Å². The Bertz CT molecular complexity index is 526. The summed E-state index contributed by atoms with van der Waals surface area (Å²) in [6.45, 7) is 4.96. The van der Waals surface area contributed by atoms with Crippen molar-refractivity contribution in [3.63, 3.8) is 0 Å². The molecule has 7 heteroatoms. The molecule has 0 aromatic carbocycles. The summed E-state index contributed by atoms with van der Waals surface area (Å²) in [5, 5.41) is 13.7. The van der Waals surface area contributed by atoms with Crippen molar-refractivity contribution in [2.24, 2.45) is 0 Å². The fraction of sp³-hybridized carbons (Fsp3) is 0.538.